The molecule has 0 unspecified atom stereocenters. The van der Waals surface area contributed by atoms with Crippen LogP contribution in [0.2, 0.25) is 0 Å². The zero-order valence-corrected chi connectivity index (χ0v) is 15.5. The maximum Gasteiger partial charge on any atom is 0.312 e. The summed E-state index contributed by atoms with van der Waals surface area (Å²) in [5, 5.41) is 12.6. The van der Waals surface area contributed by atoms with Crippen LogP contribution in [0.5, 0.6) is 0 Å². The first-order chi connectivity index (χ1) is 12.5. The number of aliphatic hydroxyl groups excluding tert-OH is 1. The van der Waals surface area contributed by atoms with Gasteiger partial charge in [-0.15, -0.1) is 0 Å². The SMILES string of the molecule is Cc1ccc([C@H](NC(=O)C(=O)N2CCOC[C@H]2C[C@H](C)O)C2CC2)cc1. The van der Waals surface area contributed by atoms with Crippen LogP contribution in [0.1, 0.15) is 43.4 Å². The predicted octanol–water partition coefficient (Wildman–Crippen LogP) is 1.56. The molecule has 3 atom stereocenters. The number of hydrogen-bond acceptors (Lipinski definition) is 4. The number of nitrogens with zero attached hydrogens (tertiary/aromatic N) is 1. The number of rotatable bonds is 5. The van der Waals surface area contributed by atoms with Crippen molar-refractivity contribution in [2.45, 2.75) is 51.3 Å². The largest absolute Gasteiger partial charge is 0.393 e. The summed E-state index contributed by atoms with van der Waals surface area (Å²) in [4.78, 5) is 26.9. The Hall–Kier alpha value is -1.92. The van der Waals surface area contributed by atoms with Crippen LogP contribution < -0.4 is 5.32 Å². The fourth-order valence-electron chi connectivity index (χ4n) is 3.52. The Balaban J connectivity index is 1.68. The van der Waals surface area contributed by atoms with E-state index < -0.39 is 17.9 Å². The summed E-state index contributed by atoms with van der Waals surface area (Å²) < 4.78 is 5.42. The molecule has 0 bridgehead atoms. The van der Waals surface area contributed by atoms with Gasteiger partial charge in [-0.05, 0) is 44.6 Å². The fourth-order valence-corrected chi connectivity index (χ4v) is 3.52. The average Bonchev–Trinajstić information content (AvgIpc) is 3.45. The zero-order valence-electron chi connectivity index (χ0n) is 15.5. The topological polar surface area (TPSA) is 78.9 Å². The van der Waals surface area contributed by atoms with Gasteiger partial charge in [-0.2, -0.15) is 0 Å². The molecular weight excluding hydrogens is 332 g/mol. The van der Waals surface area contributed by atoms with Gasteiger partial charge >= 0.3 is 11.8 Å². The van der Waals surface area contributed by atoms with Gasteiger partial charge in [0.15, 0.2) is 0 Å². The van der Waals surface area contributed by atoms with Gasteiger partial charge in [0.2, 0.25) is 0 Å². The van der Waals surface area contributed by atoms with Crippen molar-refractivity contribution < 1.29 is 19.4 Å². The Morgan fingerprint density at radius 3 is 2.62 bits per heavy atom. The van der Waals surface area contributed by atoms with Crippen LogP contribution >= 0.6 is 0 Å². The second kappa shape index (κ2) is 8.18. The summed E-state index contributed by atoms with van der Waals surface area (Å²) in [6, 6.07) is 7.71. The van der Waals surface area contributed by atoms with Gasteiger partial charge in [-0.3, -0.25) is 9.59 Å². The number of aliphatic hydroxyl groups is 1. The molecule has 0 radical (unpaired) electrons. The number of aryl methyl sites for hydroxylation is 1. The highest BCUT2D eigenvalue weighted by Gasteiger charge is 2.37. The number of nitrogens with one attached hydrogen (secondary N) is 1. The predicted molar refractivity (Wildman–Crippen MR) is 97.4 cm³/mol. The number of amides is 2. The number of carbonyl (C=O) groups excluding carboxylic acids is 2. The molecule has 1 aliphatic heterocycles. The molecule has 6 nitrogen and oxygen atoms in total. The molecule has 26 heavy (non-hydrogen) atoms. The van der Waals surface area contributed by atoms with Crippen LogP contribution in [-0.2, 0) is 14.3 Å². The third-order valence-electron chi connectivity index (χ3n) is 5.11. The van der Waals surface area contributed by atoms with E-state index in [1.54, 1.807) is 11.8 Å². The van der Waals surface area contributed by atoms with Crippen molar-refractivity contribution in [3.63, 3.8) is 0 Å². The molecule has 3 rings (SSSR count). The summed E-state index contributed by atoms with van der Waals surface area (Å²) in [7, 11) is 0. The van der Waals surface area contributed by atoms with Crippen LogP contribution in [0.15, 0.2) is 24.3 Å². The van der Waals surface area contributed by atoms with E-state index >= 15 is 0 Å². The molecule has 1 aromatic carbocycles. The zero-order chi connectivity index (χ0) is 18.7. The molecule has 2 aliphatic rings. The van der Waals surface area contributed by atoms with E-state index in [1.165, 1.54) is 5.56 Å². The monoisotopic (exact) mass is 360 g/mol. The lowest BCUT2D eigenvalue weighted by atomic mass is 10.0. The smallest absolute Gasteiger partial charge is 0.312 e. The van der Waals surface area contributed by atoms with Gasteiger partial charge in [0.1, 0.15) is 0 Å². The summed E-state index contributed by atoms with van der Waals surface area (Å²) in [5.41, 5.74) is 2.21. The number of carbonyl (C=O) groups is 2. The number of benzene rings is 1. The van der Waals surface area contributed by atoms with Crippen molar-refractivity contribution in [2.75, 3.05) is 19.8 Å². The van der Waals surface area contributed by atoms with Crippen LogP contribution in [0.4, 0.5) is 0 Å². The molecule has 2 N–H and O–H groups in total. The summed E-state index contributed by atoms with van der Waals surface area (Å²) in [6.07, 6.45) is 1.99. The maximum atomic E-state index is 12.7. The third kappa shape index (κ3) is 4.62. The molecule has 142 valence electrons. The number of morpholine rings is 1. The highest BCUT2D eigenvalue weighted by Crippen LogP contribution is 2.41. The molecule has 0 aromatic heterocycles. The highest BCUT2D eigenvalue weighted by atomic mass is 16.5. The average molecular weight is 360 g/mol. The molecular formula is C20H28N2O4. The number of ether oxygens (including phenoxy) is 1. The van der Waals surface area contributed by atoms with E-state index in [4.69, 9.17) is 4.74 Å². The van der Waals surface area contributed by atoms with Gasteiger partial charge < -0.3 is 20.1 Å². The molecule has 1 aliphatic carbocycles. The van der Waals surface area contributed by atoms with Crippen LogP contribution in [-0.4, -0.2) is 53.7 Å². The highest BCUT2D eigenvalue weighted by molar-refractivity contribution is 6.35. The van der Waals surface area contributed by atoms with Gasteiger partial charge in [0.05, 0.1) is 31.4 Å². The van der Waals surface area contributed by atoms with E-state index in [0.29, 0.717) is 32.1 Å². The van der Waals surface area contributed by atoms with E-state index in [0.717, 1.165) is 18.4 Å². The van der Waals surface area contributed by atoms with Crippen LogP contribution in [0.25, 0.3) is 0 Å². The first kappa shape index (κ1) is 18.9. The number of hydrogen-bond donors (Lipinski definition) is 2. The van der Waals surface area contributed by atoms with E-state index in [-0.39, 0.29) is 12.1 Å². The van der Waals surface area contributed by atoms with Crippen molar-refractivity contribution in [1.82, 2.24) is 10.2 Å². The molecule has 1 saturated carbocycles. The maximum absolute atomic E-state index is 12.7. The second-order valence-electron chi connectivity index (χ2n) is 7.51. The van der Waals surface area contributed by atoms with Crippen LogP contribution in [0.3, 0.4) is 0 Å². The van der Waals surface area contributed by atoms with Gasteiger partial charge in [-0.25, -0.2) is 0 Å². The lowest BCUT2D eigenvalue weighted by molar-refractivity contribution is -0.152. The quantitative estimate of drug-likeness (QED) is 0.781. The second-order valence-corrected chi connectivity index (χ2v) is 7.51. The first-order valence-electron chi connectivity index (χ1n) is 9.39. The minimum absolute atomic E-state index is 0.122. The van der Waals surface area contributed by atoms with Crippen molar-refractivity contribution in [1.29, 1.82) is 0 Å². The third-order valence-corrected chi connectivity index (χ3v) is 5.11. The summed E-state index contributed by atoms with van der Waals surface area (Å²) in [5.74, 6) is -0.705. The standard InChI is InChI=1S/C20H28N2O4/c1-13-3-5-15(6-4-13)18(16-7-8-16)21-19(24)20(25)22-9-10-26-12-17(22)11-14(2)23/h3-6,14,16-18,23H,7-12H2,1-2H3,(H,21,24)/t14-,17+,18-/m0/s1. The summed E-state index contributed by atoms with van der Waals surface area (Å²) in [6.45, 7) is 4.85. The Bertz CT molecular complexity index is 640. The van der Waals surface area contributed by atoms with Crippen LogP contribution in [0, 0.1) is 12.8 Å². The van der Waals surface area contributed by atoms with Crippen molar-refractivity contribution in [2.24, 2.45) is 5.92 Å². The van der Waals surface area contributed by atoms with Gasteiger partial charge in [0.25, 0.3) is 0 Å². The van der Waals surface area contributed by atoms with Gasteiger partial charge in [-0.1, -0.05) is 29.8 Å². The normalized spacial score (nSPS) is 22.6. The molecule has 1 saturated heterocycles. The fraction of sp³-hybridized carbons (Fsp3) is 0.600. The van der Waals surface area contributed by atoms with Crippen molar-refractivity contribution in [3.05, 3.63) is 35.4 Å². The minimum Gasteiger partial charge on any atom is -0.393 e. The first-order valence-corrected chi connectivity index (χ1v) is 9.39. The molecule has 1 heterocycles. The minimum atomic E-state index is -0.569. The molecule has 2 fully saturated rings. The Morgan fingerprint density at radius 1 is 1.31 bits per heavy atom. The Labute approximate surface area is 154 Å². The van der Waals surface area contributed by atoms with E-state index in [9.17, 15) is 14.7 Å². The lowest BCUT2D eigenvalue weighted by Gasteiger charge is -2.36. The van der Waals surface area contributed by atoms with E-state index in [1.807, 2.05) is 31.2 Å². The molecule has 6 heteroatoms. The summed E-state index contributed by atoms with van der Waals surface area (Å²) >= 11 is 0. The van der Waals surface area contributed by atoms with Crippen molar-refractivity contribution in [3.8, 4) is 0 Å². The molecule has 2 amide bonds. The molecule has 1 aromatic rings. The molecule has 0 spiro atoms. The van der Waals surface area contributed by atoms with Gasteiger partial charge in [0, 0.05) is 6.54 Å². The van der Waals surface area contributed by atoms with Crippen molar-refractivity contribution >= 4 is 11.8 Å². The lowest BCUT2D eigenvalue weighted by Crippen LogP contribution is -2.54. The Morgan fingerprint density at radius 2 is 2.00 bits per heavy atom. The van der Waals surface area contributed by atoms with E-state index in [2.05, 4.69) is 5.32 Å². The Kier molecular flexibility index (Phi) is 5.94.